The molecule has 0 atom stereocenters. The highest BCUT2D eigenvalue weighted by molar-refractivity contribution is 9.10. The van der Waals surface area contributed by atoms with E-state index in [4.69, 9.17) is 4.74 Å². The van der Waals surface area contributed by atoms with E-state index in [1.165, 1.54) is 34.1 Å². The maximum absolute atomic E-state index is 5.30. The van der Waals surface area contributed by atoms with E-state index in [-0.39, 0.29) is 0 Å². The summed E-state index contributed by atoms with van der Waals surface area (Å²) in [4.78, 5) is 0. The van der Waals surface area contributed by atoms with E-state index in [1.54, 1.807) is 7.11 Å². The molecule has 0 heterocycles. The van der Waals surface area contributed by atoms with Gasteiger partial charge in [0.05, 0.1) is 7.11 Å². The average Bonchev–Trinajstić information content (AvgIpc) is 2.46. The molecule has 0 aliphatic heterocycles. The minimum Gasteiger partial charge on any atom is -0.497 e. The molecule has 0 bridgehead atoms. The van der Waals surface area contributed by atoms with Crippen LogP contribution in [-0.4, -0.2) is 13.2 Å². The number of hydrogen-bond acceptors (Lipinski definition) is 2. The summed E-state index contributed by atoms with van der Waals surface area (Å²) >= 11 is 3.66. The smallest absolute Gasteiger partial charge is 0.119 e. The standard InChI is InChI=1S/C18H20BrNO/c1-12-5-3-8-17(18(12)19)20-15-9-14(10-15)13-6-4-7-16(11-13)21-2/h3-8,11,14-15,20H,9-10H2,1-2H3. The molecule has 2 aromatic rings. The highest BCUT2D eigenvalue weighted by Gasteiger charge is 2.30. The Hall–Kier alpha value is -1.48. The predicted octanol–water partition coefficient (Wildman–Crippen LogP) is 5.12. The molecule has 3 rings (SSSR count). The lowest BCUT2D eigenvalue weighted by Gasteiger charge is -2.37. The molecule has 0 saturated heterocycles. The van der Waals surface area contributed by atoms with Crippen molar-refractivity contribution < 1.29 is 4.74 Å². The predicted molar refractivity (Wildman–Crippen MR) is 91.3 cm³/mol. The number of hydrogen-bond donors (Lipinski definition) is 1. The van der Waals surface area contributed by atoms with Crippen LogP contribution in [0.3, 0.4) is 0 Å². The lowest BCUT2D eigenvalue weighted by Crippen LogP contribution is -2.34. The molecule has 1 N–H and O–H groups in total. The van der Waals surface area contributed by atoms with E-state index in [0.29, 0.717) is 12.0 Å². The van der Waals surface area contributed by atoms with Gasteiger partial charge in [-0.25, -0.2) is 0 Å². The fourth-order valence-corrected chi connectivity index (χ4v) is 3.26. The molecule has 3 heteroatoms. The summed E-state index contributed by atoms with van der Waals surface area (Å²) in [6.07, 6.45) is 2.35. The molecule has 1 fully saturated rings. The van der Waals surface area contributed by atoms with Crippen molar-refractivity contribution in [3.05, 3.63) is 58.1 Å². The van der Waals surface area contributed by atoms with Crippen LogP contribution >= 0.6 is 15.9 Å². The maximum atomic E-state index is 5.30. The molecule has 1 saturated carbocycles. The number of nitrogens with one attached hydrogen (secondary N) is 1. The minimum absolute atomic E-state index is 0.555. The van der Waals surface area contributed by atoms with Crippen molar-refractivity contribution in [1.82, 2.24) is 0 Å². The summed E-state index contributed by atoms with van der Waals surface area (Å²) in [5.41, 5.74) is 3.85. The maximum Gasteiger partial charge on any atom is 0.119 e. The lowest BCUT2D eigenvalue weighted by atomic mass is 9.75. The van der Waals surface area contributed by atoms with Crippen LogP contribution in [-0.2, 0) is 0 Å². The molecule has 21 heavy (non-hydrogen) atoms. The summed E-state index contributed by atoms with van der Waals surface area (Å²) in [5, 5.41) is 3.64. The Morgan fingerprint density at radius 1 is 1.14 bits per heavy atom. The molecular formula is C18H20BrNO. The van der Waals surface area contributed by atoms with E-state index in [9.17, 15) is 0 Å². The monoisotopic (exact) mass is 345 g/mol. The van der Waals surface area contributed by atoms with Crippen LogP contribution in [0.5, 0.6) is 5.75 Å². The van der Waals surface area contributed by atoms with Crippen LogP contribution in [0.15, 0.2) is 46.9 Å². The summed E-state index contributed by atoms with van der Waals surface area (Å²) in [5.74, 6) is 1.59. The van der Waals surface area contributed by atoms with Crippen molar-refractivity contribution in [2.75, 3.05) is 12.4 Å². The van der Waals surface area contributed by atoms with Crippen molar-refractivity contribution in [2.45, 2.75) is 31.7 Å². The van der Waals surface area contributed by atoms with E-state index in [2.05, 4.69) is 64.6 Å². The number of aryl methyl sites for hydroxylation is 1. The molecule has 0 amide bonds. The highest BCUT2D eigenvalue weighted by Crippen LogP contribution is 2.40. The third-order valence-electron chi connectivity index (χ3n) is 4.25. The zero-order valence-corrected chi connectivity index (χ0v) is 14.0. The summed E-state index contributed by atoms with van der Waals surface area (Å²) < 4.78 is 6.48. The van der Waals surface area contributed by atoms with Crippen LogP contribution in [0.1, 0.15) is 29.9 Å². The Morgan fingerprint density at radius 3 is 2.67 bits per heavy atom. The first-order chi connectivity index (χ1) is 10.2. The van der Waals surface area contributed by atoms with Gasteiger partial charge in [-0.2, -0.15) is 0 Å². The van der Waals surface area contributed by atoms with Gasteiger partial charge in [0.1, 0.15) is 5.75 Å². The zero-order valence-electron chi connectivity index (χ0n) is 12.4. The van der Waals surface area contributed by atoms with Gasteiger partial charge in [0, 0.05) is 16.2 Å². The third-order valence-corrected chi connectivity index (χ3v) is 5.31. The molecule has 0 spiro atoms. The number of methoxy groups -OCH3 is 1. The number of anilines is 1. The molecular weight excluding hydrogens is 326 g/mol. The van der Waals surface area contributed by atoms with Crippen molar-refractivity contribution in [1.29, 1.82) is 0 Å². The number of rotatable bonds is 4. The Bertz CT molecular complexity index is 635. The normalized spacial score (nSPS) is 20.7. The van der Waals surface area contributed by atoms with Gasteiger partial charge in [0.25, 0.3) is 0 Å². The topological polar surface area (TPSA) is 21.3 Å². The molecule has 0 radical (unpaired) electrons. The summed E-state index contributed by atoms with van der Waals surface area (Å²) in [6, 6.07) is 15.3. The van der Waals surface area contributed by atoms with Gasteiger partial charge < -0.3 is 10.1 Å². The molecule has 2 nitrogen and oxygen atoms in total. The second-order valence-corrected chi connectivity index (χ2v) is 6.52. The Labute approximate surface area is 134 Å². The Balaban J connectivity index is 1.62. The molecule has 110 valence electrons. The minimum atomic E-state index is 0.555. The van der Waals surface area contributed by atoms with Crippen molar-refractivity contribution in [3.8, 4) is 5.75 Å². The largest absolute Gasteiger partial charge is 0.497 e. The summed E-state index contributed by atoms with van der Waals surface area (Å²) in [6.45, 7) is 2.12. The molecule has 0 aromatic heterocycles. The second kappa shape index (κ2) is 6.10. The van der Waals surface area contributed by atoms with Crippen LogP contribution in [0.4, 0.5) is 5.69 Å². The van der Waals surface area contributed by atoms with Gasteiger partial charge >= 0.3 is 0 Å². The molecule has 2 aromatic carbocycles. The molecule has 1 aliphatic carbocycles. The van der Waals surface area contributed by atoms with Gasteiger partial charge in [0.15, 0.2) is 0 Å². The third kappa shape index (κ3) is 3.08. The molecule has 1 aliphatic rings. The van der Waals surface area contributed by atoms with Crippen LogP contribution < -0.4 is 10.1 Å². The number of halogens is 1. The Kier molecular flexibility index (Phi) is 4.20. The SMILES string of the molecule is COc1cccc(C2CC(Nc3cccc(C)c3Br)C2)c1. The first-order valence-corrected chi connectivity index (χ1v) is 8.12. The van der Waals surface area contributed by atoms with Gasteiger partial charge in [-0.15, -0.1) is 0 Å². The number of benzene rings is 2. The lowest BCUT2D eigenvalue weighted by molar-refractivity contribution is 0.370. The van der Waals surface area contributed by atoms with Gasteiger partial charge in [0.2, 0.25) is 0 Å². The summed E-state index contributed by atoms with van der Waals surface area (Å²) in [7, 11) is 1.72. The average molecular weight is 346 g/mol. The first kappa shape index (κ1) is 14.5. The van der Waals surface area contributed by atoms with Gasteiger partial charge in [-0.3, -0.25) is 0 Å². The molecule has 0 unspecified atom stereocenters. The zero-order chi connectivity index (χ0) is 14.8. The van der Waals surface area contributed by atoms with Gasteiger partial charge in [-0.05, 0) is 70.9 Å². The van der Waals surface area contributed by atoms with E-state index >= 15 is 0 Å². The van der Waals surface area contributed by atoms with Crippen molar-refractivity contribution in [3.63, 3.8) is 0 Å². The van der Waals surface area contributed by atoms with Crippen LogP contribution in [0.25, 0.3) is 0 Å². The van der Waals surface area contributed by atoms with E-state index in [1.807, 2.05) is 6.07 Å². The van der Waals surface area contributed by atoms with E-state index in [0.717, 1.165) is 5.75 Å². The van der Waals surface area contributed by atoms with Gasteiger partial charge in [-0.1, -0.05) is 24.3 Å². The second-order valence-electron chi connectivity index (χ2n) is 5.72. The fourth-order valence-electron chi connectivity index (χ4n) is 2.88. The van der Waals surface area contributed by atoms with Crippen LogP contribution in [0, 0.1) is 6.92 Å². The first-order valence-electron chi connectivity index (χ1n) is 7.33. The fraction of sp³-hybridized carbons (Fsp3) is 0.333. The van der Waals surface area contributed by atoms with Crippen molar-refractivity contribution >= 4 is 21.6 Å². The Morgan fingerprint density at radius 2 is 1.90 bits per heavy atom. The van der Waals surface area contributed by atoms with Crippen LogP contribution in [0.2, 0.25) is 0 Å². The number of ether oxygens (including phenoxy) is 1. The highest BCUT2D eigenvalue weighted by atomic mass is 79.9. The van der Waals surface area contributed by atoms with E-state index < -0.39 is 0 Å². The van der Waals surface area contributed by atoms with Crippen molar-refractivity contribution in [2.24, 2.45) is 0 Å². The quantitative estimate of drug-likeness (QED) is 0.829.